The maximum Gasteiger partial charge on any atom is 0.304 e. The summed E-state index contributed by atoms with van der Waals surface area (Å²) < 4.78 is 14.3. The second kappa shape index (κ2) is 6.23. The van der Waals surface area contributed by atoms with Crippen LogP contribution in [0.5, 0.6) is 0 Å². The SMILES string of the molecule is Nc1ccc(SCc2ccc([N+](=O)[O-])c(F)c2)c(Br)c1. The maximum absolute atomic E-state index is 13.5. The van der Waals surface area contributed by atoms with Crippen molar-refractivity contribution < 1.29 is 9.31 Å². The first-order valence-electron chi connectivity index (χ1n) is 5.58. The van der Waals surface area contributed by atoms with Crippen molar-refractivity contribution in [1.82, 2.24) is 0 Å². The van der Waals surface area contributed by atoms with Crippen LogP contribution in [0.1, 0.15) is 5.56 Å². The molecule has 20 heavy (non-hydrogen) atoms. The van der Waals surface area contributed by atoms with Gasteiger partial charge < -0.3 is 5.73 Å². The quantitative estimate of drug-likeness (QED) is 0.382. The van der Waals surface area contributed by atoms with Crippen LogP contribution < -0.4 is 5.73 Å². The zero-order valence-electron chi connectivity index (χ0n) is 10.2. The van der Waals surface area contributed by atoms with Gasteiger partial charge >= 0.3 is 5.69 Å². The number of thioether (sulfide) groups is 1. The van der Waals surface area contributed by atoms with Gasteiger partial charge in [0.25, 0.3) is 0 Å². The molecule has 104 valence electrons. The van der Waals surface area contributed by atoms with E-state index in [9.17, 15) is 14.5 Å². The van der Waals surface area contributed by atoms with E-state index in [1.54, 1.807) is 18.2 Å². The highest BCUT2D eigenvalue weighted by Gasteiger charge is 2.13. The first-order valence-corrected chi connectivity index (χ1v) is 7.36. The lowest BCUT2D eigenvalue weighted by Gasteiger charge is -2.06. The lowest BCUT2D eigenvalue weighted by molar-refractivity contribution is -0.387. The van der Waals surface area contributed by atoms with E-state index in [4.69, 9.17) is 5.73 Å². The summed E-state index contributed by atoms with van der Waals surface area (Å²) in [5.74, 6) is -0.304. The summed E-state index contributed by atoms with van der Waals surface area (Å²) in [5.41, 5.74) is 6.48. The lowest BCUT2D eigenvalue weighted by Crippen LogP contribution is -1.93. The Hall–Kier alpha value is -1.60. The normalized spacial score (nSPS) is 10.5. The third-order valence-corrected chi connectivity index (χ3v) is 4.62. The molecule has 0 heterocycles. The first kappa shape index (κ1) is 14.8. The average molecular weight is 357 g/mol. The van der Waals surface area contributed by atoms with E-state index in [1.165, 1.54) is 23.9 Å². The molecule has 0 aliphatic carbocycles. The van der Waals surface area contributed by atoms with Gasteiger partial charge in [-0.2, -0.15) is 4.39 Å². The molecule has 0 fully saturated rings. The van der Waals surface area contributed by atoms with Crippen molar-refractivity contribution in [3.05, 3.63) is 62.4 Å². The summed E-state index contributed by atoms with van der Waals surface area (Å²) in [7, 11) is 0. The van der Waals surface area contributed by atoms with Gasteiger partial charge in [0.05, 0.1) is 4.92 Å². The molecule has 0 radical (unpaired) electrons. The van der Waals surface area contributed by atoms with Gasteiger partial charge in [0.1, 0.15) is 0 Å². The molecule has 0 amide bonds. The Balaban J connectivity index is 2.11. The number of nitrogens with zero attached hydrogens (tertiary/aromatic N) is 1. The van der Waals surface area contributed by atoms with Crippen LogP contribution in [0.4, 0.5) is 15.8 Å². The lowest BCUT2D eigenvalue weighted by atomic mass is 10.2. The molecule has 0 aliphatic rings. The van der Waals surface area contributed by atoms with Gasteiger partial charge in [-0.1, -0.05) is 6.07 Å². The fourth-order valence-electron chi connectivity index (χ4n) is 1.58. The second-order valence-electron chi connectivity index (χ2n) is 4.02. The number of rotatable bonds is 4. The van der Waals surface area contributed by atoms with E-state index in [0.29, 0.717) is 17.0 Å². The van der Waals surface area contributed by atoms with E-state index in [2.05, 4.69) is 15.9 Å². The minimum Gasteiger partial charge on any atom is -0.399 e. The number of nitrogen functional groups attached to an aromatic ring is 1. The largest absolute Gasteiger partial charge is 0.399 e. The molecule has 0 saturated carbocycles. The topological polar surface area (TPSA) is 69.2 Å². The maximum atomic E-state index is 13.5. The van der Waals surface area contributed by atoms with Crippen molar-refractivity contribution >= 4 is 39.1 Å². The monoisotopic (exact) mass is 356 g/mol. The molecule has 2 N–H and O–H groups in total. The molecular formula is C13H10BrFN2O2S. The molecule has 4 nitrogen and oxygen atoms in total. The van der Waals surface area contributed by atoms with Crippen LogP contribution in [0.3, 0.4) is 0 Å². The van der Waals surface area contributed by atoms with Crippen LogP contribution in [0.15, 0.2) is 45.8 Å². The number of hydrogen-bond acceptors (Lipinski definition) is 4. The molecule has 2 rings (SSSR count). The summed E-state index contributed by atoms with van der Waals surface area (Å²) >= 11 is 4.89. The Morgan fingerprint density at radius 1 is 1.30 bits per heavy atom. The molecular weight excluding hydrogens is 347 g/mol. The van der Waals surface area contributed by atoms with Crippen LogP contribution in [0, 0.1) is 15.9 Å². The van der Waals surface area contributed by atoms with Gasteiger partial charge in [-0.3, -0.25) is 10.1 Å². The van der Waals surface area contributed by atoms with E-state index < -0.39 is 16.4 Å². The standard InChI is InChI=1S/C13H10BrFN2O2S/c14-10-6-9(16)2-4-13(10)20-7-8-1-3-12(17(18)19)11(15)5-8/h1-6H,7,16H2. The number of halogens is 2. The smallest absolute Gasteiger partial charge is 0.304 e. The van der Waals surface area contributed by atoms with Crippen LogP contribution in [0.25, 0.3) is 0 Å². The fourth-order valence-corrected chi connectivity index (χ4v) is 3.19. The highest BCUT2D eigenvalue weighted by molar-refractivity contribution is 9.10. The summed E-state index contributed by atoms with van der Waals surface area (Å²) in [6.07, 6.45) is 0. The van der Waals surface area contributed by atoms with Crippen LogP contribution in [-0.4, -0.2) is 4.92 Å². The number of benzene rings is 2. The Bertz CT molecular complexity index is 667. The van der Waals surface area contributed by atoms with Crippen LogP contribution >= 0.6 is 27.7 Å². The summed E-state index contributed by atoms with van der Waals surface area (Å²) in [5, 5.41) is 10.5. The Morgan fingerprint density at radius 3 is 2.65 bits per heavy atom. The molecule has 7 heteroatoms. The third-order valence-electron chi connectivity index (χ3n) is 2.56. The number of hydrogen-bond donors (Lipinski definition) is 1. The molecule has 2 aromatic rings. The summed E-state index contributed by atoms with van der Waals surface area (Å²) in [6, 6.07) is 9.37. The van der Waals surface area contributed by atoms with Crippen molar-refractivity contribution in [2.24, 2.45) is 0 Å². The van der Waals surface area contributed by atoms with Gasteiger partial charge in [0.2, 0.25) is 5.82 Å². The molecule has 2 aromatic carbocycles. The van der Waals surface area contributed by atoms with Crippen molar-refractivity contribution in [3.63, 3.8) is 0 Å². The van der Waals surface area contributed by atoms with Crippen molar-refractivity contribution in [3.8, 4) is 0 Å². The molecule has 0 unspecified atom stereocenters. The number of anilines is 1. The third kappa shape index (κ3) is 3.49. The predicted octanol–water partition coefficient (Wildman–Crippen LogP) is 4.37. The van der Waals surface area contributed by atoms with E-state index in [0.717, 1.165) is 9.37 Å². The second-order valence-corrected chi connectivity index (χ2v) is 5.89. The molecule has 0 aliphatic heterocycles. The average Bonchev–Trinajstić information content (AvgIpc) is 2.37. The summed E-state index contributed by atoms with van der Waals surface area (Å²) in [6.45, 7) is 0. The van der Waals surface area contributed by atoms with E-state index in [1.807, 2.05) is 6.07 Å². The highest BCUT2D eigenvalue weighted by atomic mass is 79.9. The van der Waals surface area contributed by atoms with Crippen molar-refractivity contribution in [2.45, 2.75) is 10.6 Å². The van der Waals surface area contributed by atoms with Gasteiger partial charge in [-0.15, -0.1) is 11.8 Å². The predicted molar refractivity (Wildman–Crippen MR) is 81.2 cm³/mol. The van der Waals surface area contributed by atoms with Crippen molar-refractivity contribution in [2.75, 3.05) is 5.73 Å². The molecule has 0 spiro atoms. The number of nitro benzene ring substituents is 1. The molecule has 0 saturated heterocycles. The Kier molecular flexibility index (Phi) is 4.61. The van der Waals surface area contributed by atoms with Crippen molar-refractivity contribution in [1.29, 1.82) is 0 Å². The number of nitrogens with two attached hydrogens (primary N) is 1. The zero-order valence-corrected chi connectivity index (χ0v) is 12.6. The Labute approximate surface area is 127 Å². The number of nitro groups is 1. The van der Waals surface area contributed by atoms with Gasteiger partial charge in [0.15, 0.2) is 0 Å². The molecule has 0 atom stereocenters. The van der Waals surface area contributed by atoms with Gasteiger partial charge in [-0.05, 0) is 45.8 Å². The summed E-state index contributed by atoms with van der Waals surface area (Å²) in [4.78, 5) is 10.8. The van der Waals surface area contributed by atoms with Crippen LogP contribution in [-0.2, 0) is 5.75 Å². The van der Waals surface area contributed by atoms with Gasteiger partial charge in [0, 0.05) is 26.9 Å². The van der Waals surface area contributed by atoms with E-state index in [-0.39, 0.29) is 0 Å². The zero-order chi connectivity index (χ0) is 14.7. The fraction of sp³-hybridized carbons (Fsp3) is 0.0769. The first-order chi connectivity index (χ1) is 9.47. The minimum atomic E-state index is -0.815. The van der Waals surface area contributed by atoms with Crippen LogP contribution in [0.2, 0.25) is 0 Å². The minimum absolute atomic E-state index is 0.507. The van der Waals surface area contributed by atoms with Gasteiger partial charge in [-0.25, -0.2) is 0 Å². The van der Waals surface area contributed by atoms with E-state index >= 15 is 0 Å². The highest BCUT2D eigenvalue weighted by Crippen LogP contribution is 2.32. The molecule has 0 bridgehead atoms. The Morgan fingerprint density at radius 2 is 2.05 bits per heavy atom. The molecule has 0 aromatic heterocycles.